The summed E-state index contributed by atoms with van der Waals surface area (Å²) in [6, 6.07) is 20.1. The largest absolute Gasteiger partial charge is 0.476 e. The van der Waals surface area contributed by atoms with Crippen LogP contribution in [0.25, 0.3) is 22.3 Å². The van der Waals surface area contributed by atoms with Crippen molar-refractivity contribution in [3.8, 4) is 17.1 Å². The zero-order chi connectivity index (χ0) is 24.5. The second-order valence-corrected chi connectivity index (χ2v) is 9.70. The summed E-state index contributed by atoms with van der Waals surface area (Å²) in [6.07, 6.45) is 0. The Bertz CT molecular complexity index is 1420. The smallest absolute Gasteiger partial charge is 0.262 e. The fourth-order valence-corrected chi connectivity index (χ4v) is 3.82. The van der Waals surface area contributed by atoms with Crippen LogP contribution in [0.1, 0.15) is 31.9 Å². The normalized spacial score (nSPS) is 11.4. The van der Waals surface area contributed by atoms with E-state index in [1.165, 1.54) is 6.07 Å². The number of rotatable bonds is 5. The second kappa shape index (κ2) is 9.35. The van der Waals surface area contributed by atoms with Gasteiger partial charge in [-0.2, -0.15) is 0 Å². The lowest BCUT2D eigenvalue weighted by molar-refractivity contribution is -0.118. The molecule has 4 aromatic rings. The Balaban J connectivity index is 1.71. The van der Waals surface area contributed by atoms with Crippen LogP contribution in [0.15, 0.2) is 75.9 Å². The molecule has 0 saturated heterocycles. The first-order chi connectivity index (χ1) is 16.1. The number of hydrogen-bond donors (Lipinski definition) is 1. The molecule has 0 aliphatic carbocycles. The number of nitrogens with one attached hydrogen (secondary N) is 1. The molecule has 0 spiro atoms. The first-order valence-corrected chi connectivity index (χ1v) is 11.4. The van der Waals surface area contributed by atoms with Crippen molar-refractivity contribution >= 4 is 34.2 Å². The topological polar surface area (TPSA) is 68.5 Å². The van der Waals surface area contributed by atoms with Crippen molar-refractivity contribution < 1.29 is 13.9 Å². The maximum atomic E-state index is 13.3. The van der Waals surface area contributed by atoms with Gasteiger partial charge in [0.1, 0.15) is 5.58 Å². The van der Waals surface area contributed by atoms with Gasteiger partial charge >= 0.3 is 0 Å². The van der Waals surface area contributed by atoms with E-state index in [2.05, 4.69) is 26.1 Å². The molecule has 0 aliphatic rings. The lowest BCUT2D eigenvalue weighted by Crippen LogP contribution is -2.22. The molecular weight excluding hydrogens is 450 g/mol. The lowest BCUT2D eigenvalue weighted by Gasteiger charge is -2.19. The summed E-state index contributed by atoms with van der Waals surface area (Å²) >= 11 is 6.10. The highest BCUT2D eigenvalue weighted by Crippen LogP contribution is 2.33. The fourth-order valence-electron chi connectivity index (χ4n) is 3.65. The molecule has 4 rings (SSSR count). The van der Waals surface area contributed by atoms with Crippen molar-refractivity contribution in [1.82, 2.24) is 0 Å². The molecule has 0 bridgehead atoms. The number of aryl methyl sites for hydroxylation is 1. The van der Waals surface area contributed by atoms with Crippen molar-refractivity contribution in [1.29, 1.82) is 0 Å². The van der Waals surface area contributed by atoms with E-state index in [1.807, 2.05) is 49.4 Å². The van der Waals surface area contributed by atoms with Gasteiger partial charge in [0.15, 0.2) is 12.4 Å². The van der Waals surface area contributed by atoms with Crippen molar-refractivity contribution in [3.05, 3.63) is 93.1 Å². The van der Waals surface area contributed by atoms with E-state index >= 15 is 0 Å². The van der Waals surface area contributed by atoms with Gasteiger partial charge in [-0.25, -0.2) is 0 Å². The van der Waals surface area contributed by atoms with Crippen LogP contribution in [0, 0.1) is 6.92 Å². The summed E-state index contributed by atoms with van der Waals surface area (Å²) in [6.45, 7) is 7.97. The van der Waals surface area contributed by atoms with Crippen LogP contribution >= 0.6 is 11.6 Å². The average Bonchev–Trinajstić information content (AvgIpc) is 2.78. The molecule has 0 aliphatic heterocycles. The molecule has 5 nitrogen and oxygen atoms in total. The number of carbonyl (C=O) groups excluding carboxylic acids is 1. The summed E-state index contributed by atoms with van der Waals surface area (Å²) < 4.78 is 11.9. The third kappa shape index (κ3) is 5.15. The van der Waals surface area contributed by atoms with Crippen LogP contribution in [0.4, 0.5) is 5.69 Å². The van der Waals surface area contributed by atoms with E-state index in [9.17, 15) is 9.59 Å². The van der Waals surface area contributed by atoms with Crippen LogP contribution in [-0.4, -0.2) is 12.5 Å². The first-order valence-electron chi connectivity index (χ1n) is 11.0. The van der Waals surface area contributed by atoms with Crippen molar-refractivity contribution in [2.24, 2.45) is 0 Å². The number of amides is 1. The van der Waals surface area contributed by atoms with Gasteiger partial charge in [-0.15, -0.1) is 0 Å². The molecule has 1 heterocycles. The highest BCUT2D eigenvalue weighted by Gasteiger charge is 2.20. The number of halogens is 1. The van der Waals surface area contributed by atoms with E-state index < -0.39 is 0 Å². The Kier molecular flexibility index (Phi) is 6.49. The SMILES string of the molecule is Cc1cccc(NC(=O)COc2c(-c3ccc(C(C)(C)C)cc3)oc3ccc(Cl)cc3c2=O)c1. The third-order valence-corrected chi connectivity index (χ3v) is 5.71. The standard InChI is InChI=1S/C28H26ClNO4/c1-17-6-5-7-21(14-17)30-24(31)16-33-27-25(32)22-15-20(29)12-13-23(22)34-26(27)18-8-10-19(11-9-18)28(2,3)4/h5-15H,16H2,1-4H3,(H,30,31). The Morgan fingerprint density at radius 3 is 2.44 bits per heavy atom. The molecule has 0 radical (unpaired) electrons. The number of carbonyl (C=O) groups is 1. The summed E-state index contributed by atoms with van der Waals surface area (Å²) in [4.78, 5) is 25.9. The summed E-state index contributed by atoms with van der Waals surface area (Å²) in [7, 11) is 0. The quantitative estimate of drug-likeness (QED) is 0.347. The number of fused-ring (bicyclic) bond motifs is 1. The zero-order valence-electron chi connectivity index (χ0n) is 19.6. The maximum Gasteiger partial charge on any atom is 0.262 e. The maximum absolute atomic E-state index is 13.3. The molecule has 6 heteroatoms. The van der Waals surface area contributed by atoms with Gasteiger partial charge in [0.25, 0.3) is 5.91 Å². The van der Waals surface area contributed by atoms with Crippen molar-refractivity contribution in [3.63, 3.8) is 0 Å². The third-order valence-electron chi connectivity index (χ3n) is 5.47. The first kappa shape index (κ1) is 23.6. The molecule has 0 unspecified atom stereocenters. The van der Waals surface area contributed by atoms with Gasteiger partial charge in [-0.05, 0) is 53.8 Å². The number of hydrogen-bond acceptors (Lipinski definition) is 4. The van der Waals surface area contributed by atoms with Gasteiger partial charge in [0.05, 0.1) is 5.39 Å². The molecule has 1 N–H and O–H groups in total. The van der Waals surface area contributed by atoms with Gasteiger partial charge < -0.3 is 14.5 Å². The number of benzene rings is 3. The summed E-state index contributed by atoms with van der Waals surface area (Å²) in [5.74, 6) is -0.147. The van der Waals surface area contributed by atoms with Gasteiger partial charge in [-0.3, -0.25) is 9.59 Å². The zero-order valence-corrected chi connectivity index (χ0v) is 20.3. The molecule has 34 heavy (non-hydrogen) atoms. The fraction of sp³-hybridized carbons (Fsp3) is 0.214. The van der Waals surface area contributed by atoms with Crippen molar-refractivity contribution in [2.45, 2.75) is 33.1 Å². The molecular formula is C28H26ClNO4. The minimum Gasteiger partial charge on any atom is -0.476 e. The van der Waals surface area contributed by atoms with E-state index in [-0.39, 0.29) is 40.3 Å². The minimum absolute atomic E-state index is 0.0211. The van der Waals surface area contributed by atoms with E-state index in [1.54, 1.807) is 18.2 Å². The van der Waals surface area contributed by atoms with Gasteiger partial charge in [0.2, 0.25) is 11.2 Å². The molecule has 0 atom stereocenters. The number of anilines is 1. The van der Waals surface area contributed by atoms with Crippen LogP contribution in [0.5, 0.6) is 5.75 Å². The minimum atomic E-state index is -0.387. The van der Waals surface area contributed by atoms with E-state index in [0.717, 1.165) is 11.1 Å². The molecule has 1 aromatic heterocycles. The Morgan fingerprint density at radius 1 is 1.03 bits per heavy atom. The molecule has 174 valence electrons. The highest BCUT2D eigenvalue weighted by molar-refractivity contribution is 6.31. The predicted molar refractivity (Wildman–Crippen MR) is 137 cm³/mol. The Morgan fingerprint density at radius 2 is 1.76 bits per heavy atom. The van der Waals surface area contributed by atoms with E-state index in [4.69, 9.17) is 20.8 Å². The summed E-state index contributed by atoms with van der Waals surface area (Å²) in [5, 5.41) is 3.48. The Labute approximate surface area is 203 Å². The monoisotopic (exact) mass is 475 g/mol. The molecule has 1 amide bonds. The van der Waals surface area contributed by atoms with Crippen LogP contribution in [-0.2, 0) is 10.2 Å². The molecule has 0 fully saturated rings. The molecule has 3 aromatic carbocycles. The average molecular weight is 476 g/mol. The van der Waals surface area contributed by atoms with Crippen LogP contribution < -0.4 is 15.5 Å². The predicted octanol–water partition coefficient (Wildman–Crippen LogP) is 6.74. The second-order valence-electron chi connectivity index (χ2n) is 9.26. The van der Waals surface area contributed by atoms with Crippen molar-refractivity contribution in [2.75, 3.05) is 11.9 Å². The number of ether oxygens (including phenoxy) is 1. The Hall–Kier alpha value is -3.57. The van der Waals surface area contributed by atoms with E-state index in [0.29, 0.717) is 21.9 Å². The molecule has 0 saturated carbocycles. The highest BCUT2D eigenvalue weighted by atomic mass is 35.5. The lowest BCUT2D eigenvalue weighted by atomic mass is 9.86. The van der Waals surface area contributed by atoms with Gasteiger partial charge in [0, 0.05) is 16.3 Å². The van der Waals surface area contributed by atoms with Gasteiger partial charge in [-0.1, -0.05) is 68.8 Å². The van der Waals surface area contributed by atoms with Crippen LogP contribution in [0.2, 0.25) is 5.02 Å². The van der Waals surface area contributed by atoms with Crippen LogP contribution in [0.3, 0.4) is 0 Å². The summed E-state index contributed by atoms with van der Waals surface area (Å²) in [5.41, 5.74) is 3.48.